The summed E-state index contributed by atoms with van der Waals surface area (Å²) < 4.78 is 39.4. The van der Waals surface area contributed by atoms with Gasteiger partial charge in [0.15, 0.2) is 5.82 Å². The highest BCUT2D eigenvalue weighted by Gasteiger charge is 2.32. The van der Waals surface area contributed by atoms with Gasteiger partial charge in [-0.25, -0.2) is 9.67 Å². The van der Waals surface area contributed by atoms with Gasteiger partial charge in [-0.3, -0.25) is 4.79 Å². The molecule has 32 heavy (non-hydrogen) atoms. The summed E-state index contributed by atoms with van der Waals surface area (Å²) in [4.78, 5) is 22.7. The van der Waals surface area contributed by atoms with Gasteiger partial charge in [0, 0.05) is 19.8 Å². The molecule has 1 atom stereocenters. The lowest BCUT2D eigenvalue weighted by atomic mass is 10.2. The number of hydrogen-bond acceptors (Lipinski definition) is 6. The number of nitrogens with one attached hydrogen (secondary N) is 2. The molecule has 0 aliphatic carbocycles. The van der Waals surface area contributed by atoms with E-state index < -0.39 is 11.7 Å². The summed E-state index contributed by atoms with van der Waals surface area (Å²) in [6.45, 7) is 4.00. The maximum absolute atomic E-state index is 12.7. The monoisotopic (exact) mass is 465 g/mol. The summed E-state index contributed by atoms with van der Waals surface area (Å²) in [5.74, 6) is 0.941. The number of hydrogen-bond donors (Lipinski definition) is 2. The lowest BCUT2D eigenvalue weighted by Crippen LogP contribution is -2.44. The Bertz CT molecular complexity index is 1130. The average Bonchev–Trinajstić information content (AvgIpc) is 3.23. The summed E-state index contributed by atoms with van der Waals surface area (Å²) in [5.41, 5.74) is 1.85. The van der Waals surface area contributed by atoms with Gasteiger partial charge in [0.1, 0.15) is 11.7 Å². The Morgan fingerprint density at radius 3 is 2.50 bits per heavy atom. The number of aryl methyl sites for hydroxylation is 1. The molecule has 8 nitrogen and oxygen atoms in total. The van der Waals surface area contributed by atoms with Gasteiger partial charge in [-0.05, 0) is 31.5 Å². The van der Waals surface area contributed by atoms with Crippen molar-refractivity contribution in [2.45, 2.75) is 32.6 Å². The third kappa shape index (κ3) is 4.49. The van der Waals surface area contributed by atoms with Crippen molar-refractivity contribution in [3.8, 4) is 5.69 Å². The van der Waals surface area contributed by atoms with Crippen LogP contribution in [0.1, 0.15) is 23.7 Å². The fraction of sp³-hybridized carbons (Fsp3) is 0.300. The maximum atomic E-state index is 12.7. The minimum atomic E-state index is -4.43. The first-order chi connectivity index (χ1) is 14.6. The molecule has 3 heterocycles. The minimum absolute atomic E-state index is 0. The molecule has 2 N–H and O–H groups in total. The van der Waals surface area contributed by atoms with Crippen molar-refractivity contribution in [1.29, 1.82) is 0 Å². The molecule has 1 aliphatic heterocycles. The summed E-state index contributed by atoms with van der Waals surface area (Å²) in [5, 5.41) is 9.75. The first-order valence-electron chi connectivity index (χ1n) is 9.51. The molecule has 0 radical (unpaired) electrons. The lowest BCUT2D eigenvalue weighted by Gasteiger charge is -2.32. The van der Waals surface area contributed by atoms with Gasteiger partial charge in [0.25, 0.3) is 0 Å². The molecule has 1 amide bonds. The molecule has 3 aromatic rings. The third-order valence-corrected chi connectivity index (χ3v) is 5.17. The molecule has 4 rings (SSSR count). The highest BCUT2D eigenvalue weighted by Crippen LogP contribution is 2.32. The second-order valence-corrected chi connectivity index (χ2v) is 7.30. The topological polar surface area (TPSA) is 88.0 Å². The van der Waals surface area contributed by atoms with Gasteiger partial charge in [0.05, 0.1) is 23.1 Å². The third-order valence-electron chi connectivity index (χ3n) is 5.17. The van der Waals surface area contributed by atoms with Gasteiger partial charge in [0.2, 0.25) is 11.9 Å². The van der Waals surface area contributed by atoms with Crippen molar-refractivity contribution in [2.75, 3.05) is 22.6 Å². The Morgan fingerprint density at radius 1 is 1.19 bits per heavy atom. The van der Waals surface area contributed by atoms with Crippen molar-refractivity contribution in [1.82, 2.24) is 19.7 Å². The van der Waals surface area contributed by atoms with Crippen LogP contribution in [0.4, 0.5) is 30.6 Å². The van der Waals surface area contributed by atoms with Gasteiger partial charge < -0.3 is 15.5 Å². The zero-order valence-electron chi connectivity index (χ0n) is 17.5. The van der Waals surface area contributed by atoms with Gasteiger partial charge in [-0.1, -0.05) is 12.1 Å². The SMILES string of the molecule is Cc1nc(NCc2ccc(-n3cc(C(F)(F)F)cn3)cc2)nc2c1NC(=O)[C@H](C)N2C.S. The minimum Gasteiger partial charge on any atom is -0.350 e. The number of carbonyl (C=O) groups excluding carboxylic acids is 1. The molecule has 2 aromatic heterocycles. The predicted octanol–water partition coefficient (Wildman–Crippen LogP) is 3.49. The van der Waals surface area contributed by atoms with Crippen LogP contribution >= 0.6 is 13.5 Å². The normalized spacial score (nSPS) is 15.6. The molecular formula is C20H22F3N7OS. The zero-order chi connectivity index (χ0) is 22.3. The molecule has 0 saturated carbocycles. The Hall–Kier alpha value is -3.28. The van der Waals surface area contributed by atoms with Crippen molar-refractivity contribution in [3.05, 3.63) is 53.5 Å². The number of rotatable bonds is 4. The van der Waals surface area contributed by atoms with E-state index in [1.54, 1.807) is 50.1 Å². The van der Waals surface area contributed by atoms with Crippen LogP contribution in [0.5, 0.6) is 0 Å². The van der Waals surface area contributed by atoms with Crippen molar-refractivity contribution >= 4 is 36.9 Å². The van der Waals surface area contributed by atoms with Crippen LogP contribution in [0.15, 0.2) is 36.7 Å². The van der Waals surface area contributed by atoms with Crippen LogP contribution in [0.25, 0.3) is 5.69 Å². The Morgan fingerprint density at radius 2 is 1.88 bits per heavy atom. The molecule has 0 fully saturated rings. The number of alkyl halides is 3. The second-order valence-electron chi connectivity index (χ2n) is 7.30. The zero-order valence-corrected chi connectivity index (χ0v) is 18.5. The number of fused-ring (bicyclic) bond motifs is 1. The van der Waals surface area contributed by atoms with Crippen LogP contribution < -0.4 is 15.5 Å². The van der Waals surface area contributed by atoms with E-state index in [2.05, 4.69) is 25.7 Å². The number of aromatic nitrogens is 4. The predicted molar refractivity (Wildman–Crippen MR) is 120 cm³/mol. The molecule has 0 spiro atoms. The number of amides is 1. The number of anilines is 3. The first-order valence-corrected chi connectivity index (χ1v) is 9.51. The number of carbonyl (C=O) groups is 1. The Kier molecular flexibility index (Phi) is 6.35. The van der Waals surface area contributed by atoms with Gasteiger partial charge in [-0.2, -0.15) is 36.7 Å². The summed E-state index contributed by atoms with van der Waals surface area (Å²) >= 11 is 0. The summed E-state index contributed by atoms with van der Waals surface area (Å²) in [6, 6.07) is 6.61. The Balaban J connectivity index is 0.00000289. The van der Waals surface area contributed by atoms with Crippen molar-refractivity contribution < 1.29 is 18.0 Å². The summed E-state index contributed by atoms with van der Waals surface area (Å²) in [6.07, 6.45) is -2.68. The fourth-order valence-corrected chi connectivity index (χ4v) is 3.18. The largest absolute Gasteiger partial charge is 0.419 e. The van der Waals surface area contributed by atoms with E-state index in [0.717, 1.165) is 18.0 Å². The smallest absolute Gasteiger partial charge is 0.350 e. The van der Waals surface area contributed by atoms with E-state index in [0.29, 0.717) is 35.4 Å². The molecule has 0 unspecified atom stereocenters. The Labute approximate surface area is 189 Å². The summed E-state index contributed by atoms with van der Waals surface area (Å²) in [7, 11) is 1.80. The maximum Gasteiger partial charge on any atom is 0.419 e. The van der Waals surface area contributed by atoms with E-state index in [1.165, 1.54) is 4.68 Å². The van der Waals surface area contributed by atoms with Crippen LogP contribution in [-0.4, -0.2) is 38.7 Å². The molecule has 12 heteroatoms. The first kappa shape index (κ1) is 23.4. The van der Waals surface area contributed by atoms with E-state index in [4.69, 9.17) is 0 Å². The van der Waals surface area contributed by atoms with Crippen LogP contribution in [0, 0.1) is 6.92 Å². The average molecular weight is 466 g/mol. The standard InChI is InChI=1S/C20H20F3N7O.H2S/c1-11-16-17(29(3)12(2)18(31)27-16)28-19(26-11)24-8-13-4-6-15(7-5-13)30-10-14(9-25-30)20(21,22)23;/h4-7,9-10,12H,8H2,1-3H3,(H,27,31)(H,24,26,28);1H2/t12-;/m0./s1. The van der Waals surface area contributed by atoms with Crippen LogP contribution in [0.2, 0.25) is 0 Å². The van der Waals surface area contributed by atoms with E-state index in [9.17, 15) is 18.0 Å². The van der Waals surface area contributed by atoms with E-state index in [1.807, 2.05) is 0 Å². The van der Waals surface area contributed by atoms with Gasteiger partial charge in [-0.15, -0.1) is 0 Å². The lowest BCUT2D eigenvalue weighted by molar-refractivity contribution is -0.137. The molecule has 170 valence electrons. The van der Waals surface area contributed by atoms with Gasteiger partial charge >= 0.3 is 6.18 Å². The number of likely N-dealkylation sites (N-methyl/N-ethyl adjacent to an activating group) is 1. The highest BCUT2D eigenvalue weighted by molar-refractivity contribution is 7.59. The molecular weight excluding hydrogens is 443 g/mol. The molecule has 0 saturated heterocycles. The molecule has 0 bridgehead atoms. The molecule has 1 aromatic carbocycles. The number of halogens is 3. The van der Waals surface area contributed by atoms with E-state index >= 15 is 0 Å². The number of benzene rings is 1. The molecule has 1 aliphatic rings. The second kappa shape index (κ2) is 8.69. The van der Waals surface area contributed by atoms with Crippen LogP contribution in [-0.2, 0) is 17.5 Å². The van der Waals surface area contributed by atoms with Crippen molar-refractivity contribution in [2.24, 2.45) is 0 Å². The van der Waals surface area contributed by atoms with Crippen molar-refractivity contribution in [3.63, 3.8) is 0 Å². The van der Waals surface area contributed by atoms with Crippen LogP contribution in [0.3, 0.4) is 0 Å². The number of nitrogens with zero attached hydrogens (tertiary/aromatic N) is 5. The quantitative estimate of drug-likeness (QED) is 0.613. The fourth-order valence-electron chi connectivity index (χ4n) is 3.18. The highest BCUT2D eigenvalue weighted by atomic mass is 32.1. The van der Waals surface area contributed by atoms with E-state index in [-0.39, 0.29) is 25.4 Å².